The molecule has 0 aliphatic heterocycles. The minimum Gasteiger partial charge on any atom is -0.330 e. The summed E-state index contributed by atoms with van der Waals surface area (Å²) >= 11 is 1.73. The van der Waals surface area contributed by atoms with E-state index in [9.17, 15) is 0 Å². The third-order valence-electron chi connectivity index (χ3n) is 3.67. The van der Waals surface area contributed by atoms with E-state index in [0.29, 0.717) is 6.54 Å². The van der Waals surface area contributed by atoms with Gasteiger partial charge in [0.25, 0.3) is 0 Å². The summed E-state index contributed by atoms with van der Waals surface area (Å²) in [6.07, 6.45) is 0.802. The molecule has 0 saturated heterocycles. The van der Waals surface area contributed by atoms with Crippen molar-refractivity contribution in [2.75, 3.05) is 6.54 Å². The van der Waals surface area contributed by atoms with Crippen LogP contribution in [-0.4, -0.2) is 16.3 Å². The predicted molar refractivity (Wildman–Crippen MR) is 89.1 cm³/mol. The molecule has 0 spiro atoms. The number of rotatable bonds is 4. The van der Waals surface area contributed by atoms with Crippen LogP contribution in [0.15, 0.2) is 41.8 Å². The summed E-state index contributed by atoms with van der Waals surface area (Å²) in [4.78, 5) is 1.23. The number of benzene rings is 1. The predicted octanol–water partition coefficient (Wildman–Crippen LogP) is 3.72. The highest BCUT2D eigenvalue weighted by molar-refractivity contribution is 7.13. The summed E-state index contributed by atoms with van der Waals surface area (Å²) in [5, 5.41) is 6.83. The van der Waals surface area contributed by atoms with E-state index in [-0.39, 0.29) is 0 Å². The summed E-state index contributed by atoms with van der Waals surface area (Å²) in [5.74, 6) is 0. The van der Waals surface area contributed by atoms with E-state index in [1.807, 2.05) is 4.68 Å². The van der Waals surface area contributed by atoms with Gasteiger partial charge in [0.15, 0.2) is 0 Å². The third-order valence-corrected chi connectivity index (χ3v) is 4.56. The molecule has 3 nitrogen and oxygen atoms in total. The van der Waals surface area contributed by atoms with Crippen LogP contribution >= 0.6 is 11.3 Å². The standard InChI is InChI=1S/C17H19N3S/c1-12-5-6-15(10-13(12)2)20-16(17-4-3-9-21-17)11-14(19-20)7-8-18/h3-6,9-11H,7-8,18H2,1-2H3. The van der Waals surface area contributed by atoms with Crippen molar-refractivity contribution in [1.29, 1.82) is 0 Å². The molecule has 108 valence electrons. The highest BCUT2D eigenvalue weighted by Gasteiger charge is 2.12. The second-order valence-corrected chi connectivity index (χ2v) is 6.16. The molecule has 0 fully saturated rings. The molecule has 21 heavy (non-hydrogen) atoms. The molecular formula is C17H19N3S. The normalized spacial score (nSPS) is 11.0. The van der Waals surface area contributed by atoms with E-state index in [0.717, 1.165) is 23.5 Å². The Morgan fingerprint density at radius 1 is 1.14 bits per heavy atom. The summed E-state index contributed by atoms with van der Waals surface area (Å²) in [5.41, 5.74) is 11.5. The number of thiophene rings is 1. The highest BCUT2D eigenvalue weighted by Crippen LogP contribution is 2.28. The van der Waals surface area contributed by atoms with Gasteiger partial charge in [-0.2, -0.15) is 5.10 Å². The molecule has 1 aromatic carbocycles. The van der Waals surface area contributed by atoms with Crippen molar-refractivity contribution in [2.24, 2.45) is 5.73 Å². The third kappa shape index (κ3) is 2.77. The molecule has 0 unspecified atom stereocenters. The quantitative estimate of drug-likeness (QED) is 0.797. The zero-order valence-corrected chi connectivity index (χ0v) is 13.2. The molecule has 0 atom stereocenters. The van der Waals surface area contributed by atoms with Gasteiger partial charge in [0.1, 0.15) is 0 Å². The number of hydrogen-bond acceptors (Lipinski definition) is 3. The molecule has 2 N–H and O–H groups in total. The van der Waals surface area contributed by atoms with E-state index >= 15 is 0 Å². The van der Waals surface area contributed by atoms with Gasteiger partial charge in [-0.1, -0.05) is 12.1 Å². The first-order chi connectivity index (χ1) is 10.2. The van der Waals surface area contributed by atoms with E-state index in [4.69, 9.17) is 10.8 Å². The van der Waals surface area contributed by atoms with Gasteiger partial charge in [0.05, 0.1) is 22.0 Å². The Hall–Kier alpha value is -1.91. The van der Waals surface area contributed by atoms with Crippen LogP contribution < -0.4 is 5.73 Å². The lowest BCUT2D eigenvalue weighted by atomic mass is 10.1. The van der Waals surface area contributed by atoms with Gasteiger partial charge < -0.3 is 5.73 Å². The molecule has 2 heterocycles. The van der Waals surface area contributed by atoms with Gasteiger partial charge >= 0.3 is 0 Å². The first-order valence-corrected chi connectivity index (χ1v) is 7.97. The number of aryl methyl sites for hydroxylation is 2. The van der Waals surface area contributed by atoms with Gasteiger partial charge in [0.2, 0.25) is 0 Å². The van der Waals surface area contributed by atoms with Crippen LogP contribution in [0.2, 0.25) is 0 Å². The highest BCUT2D eigenvalue weighted by atomic mass is 32.1. The Kier molecular flexibility index (Phi) is 3.90. The van der Waals surface area contributed by atoms with Crippen LogP contribution in [-0.2, 0) is 6.42 Å². The van der Waals surface area contributed by atoms with Crippen molar-refractivity contribution in [3.8, 4) is 16.3 Å². The summed E-state index contributed by atoms with van der Waals surface area (Å²) in [6, 6.07) is 12.8. The van der Waals surface area contributed by atoms with Gasteiger partial charge in [-0.05, 0) is 61.2 Å². The van der Waals surface area contributed by atoms with Gasteiger partial charge in [0, 0.05) is 6.42 Å². The van der Waals surface area contributed by atoms with E-state index in [1.54, 1.807) is 11.3 Å². The molecule has 0 aliphatic rings. The average Bonchev–Trinajstić information content (AvgIpc) is 3.11. The summed E-state index contributed by atoms with van der Waals surface area (Å²) in [6.45, 7) is 4.88. The Balaban J connectivity index is 2.13. The van der Waals surface area contributed by atoms with Gasteiger partial charge in [-0.15, -0.1) is 11.3 Å². The summed E-state index contributed by atoms with van der Waals surface area (Å²) < 4.78 is 2.03. The van der Waals surface area contributed by atoms with Crippen LogP contribution in [0.3, 0.4) is 0 Å². The van der Waals surface area contributed by atoms with Crippen molar-refractivity contribution in [2.45, 2.75) is 20.3 Å². The lowest BCUT2D eigenvalue weighted by Gasteiger charge is -2.08. The van der Waals surface area contributed by atoms with Crippen LogP contribution in [0.5, 0.6) is 0 Å². The number of nitrogens with zero attached hydrogens (tertiary/aromatic N) is 2. The Bertz CT molecular complexity index is 741. The van der Waals surface area contributed by atoms with E-state index in [2.05, 4.69) is 55.6 Å². The second kappa shape index (κ2) is 5.84. The maximum atomic E-state index is 5.67. The van der Waals surface area contributed by atoms with Crippen molar-refractivity contribution in [3.05, 3.63) is 58.6 Å². The lowest BCUT2D eigenvalue weighted by molar-refractivity contribution is 0.825. The maximum absolute atomic E-state index is 5.67. The molecular weight excluding hydrogens is 278 g/mol. The number of hydrogen-bond donors (Lipinski definition) is 1. The van der Waals surface area contributed by atoms with Crippen LogP contribution in [0.1, 0.15) is 16.8 Å². The molecule has 0 bridgehead atoms. The smallest absolute Gasteiger partial charge is 0.0843 e. The topological polar surface area (TPSA) is 43.8 Å². The Morgan fingerprint density at radius 2 is 2.00 bits per heavy atom. The molecule has 4 heteroatoms. The number of aromatic nitrogens is 2. The molecule has 0 saturated carbocycles. The first kappa shape index (κ1) is 14.0. The first-order valence-electron chi connectivity index (χ1n) is 7.09. The fourth-order valence-electron chi connectivity index (χ4n) is 2.35. The number of nitrogens with two attached hydrogens (primary N) is 1. The van der Waals surface area contributed by atoms with Crippen LogP contribution in [0.4, 0.5) is 0 Å². The van der Waals surface area contributed by atoms with Crippen LogP contribution in [0, 0.1) is 13.8 Å². The van der Waals surface area contributed by atoms with Gasteiger partial charge in [-0.3, -0.25) is 0 Å². The van der Waals surface area contributed by atoms with E-state index in [1.165, 1.54) is 16.0 Å². The lowest BCUT2D eigenvalue weighted by Crippen LogP contribution is -2.04. The zero-order chi connectivity index (χ0) is 14.8. The van der Waals surface area contributed by atoms with Gasteiger partial charge in [-0.25, -0.2) is 4.68 Å². The summed E-state index contributed by atoms with van der Waals surface area (Å²) in [7, 11) is 0. The SMILES string of the molecule is Cc1ccc(-n2nc(CCN)cc2-c2cccs2)cc1C. The molecule has 3 aromatic rings. The molecule has 0 radical (unpaired) electrons. The zero-order valence-electron chi connectivity index (χ0n) is 12.3. The van der Waals surface area contributed by atoms with Crippen molar-refractivity contribution < 1.29 is 0 Å². The monoisotopic (exact) mass is 297 g/mol. The Labute approximate surface area is 129 Å². The Morgan fingerprint density at radius 3 is 2.67 bits per heavy atom. The van der Waals surface area contributed by atoms with Crippen molar-refractivity contribution in [3.63, 3.8) is 0 Å². The molecule has 0 amide bonds. The molecule has 0 aliphatic carbocycles. The van der Waals surface area contributed by atoms with Crippen molar-refractivity contribution in [1.82, 2.24) is 9.78 Å². The average molecular weight is 297 g/mol. The largest absolute Gasteiger partial charge is 0.330 e. The fraction of sp³-hybridized carbons (Fsp3) is 0.235. The van der Waals surface area contributed by atoms with Crippen LogP contribution in [0.25, 0.3) is 16.3 Å². The molecule has 2 aromatic heterocycles. The minimum atomic E-state index is 0.619. The van der Waals surface area contributed by atoms with E-state index < -0.39 is 0 Å². The maximum Gasteiger partial charge on any atom is 0.0843 e. The molecule has 3 rings (SSSR count). The second-order valence-electron chi connectivity index (χ2n) is 5.22. The van der Waals surface area contributed by atoms with Crippen molar-refractivity contribution >= 4 is 11.3 Å². The minimum absolute atomic E-state index is 0.619. The fourth-order valence-corrected chi connectivity index (χ4v) is 3.08.